The highest BCUT2D eigenvalue weighted by atomic mass is 16.1. The van der Waals surface area contributed by atoms with Crippen molar-refractivity contribution in [3.8, 4) is 0 Å². The number of rotatable bonds is 7. The molecule has 0 aliphatic heterocycles. The van der Waals surface area contributed by atoms with E-state index in [-0.39, 0.29) is 5.78 Å². The minimum absolute atomic E-state index is 0.193. The Balaban J connectivity index is 2.16. The smallest absolute Gasteiger partial charge is 0.133 e. The van der Waals surface area contributed by atoms with Gasteiger partial charge in [0.25, 0.3) is 0 Å². The highest BCUT2D eigenvalue weighted by Crippen LogP contribution is 2.06. The fourth-order valence-corrected chi connectivity index (χ4v) is 1.48. The number of aldehydes is 1. The first-order chi connectivity index (χ1) is 7.33. The molecular weight excluding hydrogens is 188 g/mol. The summed E-state index contributed by atoms with van der Waals surface area (Å²) in [4.78, 5) is 21.3. The molecule has 0 atom stereocenters. The van der Waals surface area contributed by atoms with Crippen LogP contribution in [0, 0.1) is 0 Å². The minimum atomic E-state index is 0.193. The zero-order chi connectivity index (χ0) is 10.9. The molecule has 0 aliphatic carbocycles. The summed E-state index contributed by atoms with van der Waals surface area (Å²) in [6, 6.07) is 10.1. The molecule has 0 radical (unpaired) electrons. The normalized spacial score (nSPS) is 9.87. The van der Waals surface area contributed by atoms with Crippen LogP contribution in [0.25, 0.3) is 0 Å². The van der Waals surface area contributed by atoms with E-state index in [9.17, 15) is 9.59 Å². The van der Waals surface area contributed by atoms with Gasteiger partial charge in [0, 0.05) is 19.3 Å². The van der Waals surface area contributed by atoms with Crippen molar-refractivity contribution in [1.82, 2.24) is 0 Å². The lowest BCUT2D eigenvalue weighted by Gasteiger charge is -2.00. The molecule has 0 heterocycles. The maximum atomic E-state index is 11.2. The number of ketones is 1. The fourth-order valence-electron chi connectivity index (χ4n) is 1.48. The Morgan fingerprint density at radius 2 is 1.87 bits per heavy atom. The van der Waals surface area contributed by atoms with Crippen LogP contribution in [0.15, 0.2) is 30.3 Å². The third kappa shape index (κ3) is 5.11. The molecule has 1 aromatic carbocycles. The predicted molar refractivity (Wildman–Crippen MR) is 59.7 cm³/mol. The summed E-state index contributed by atoms with van der Waals surface area (Å²) >= 11 is 0. The van der Waals surface area contributed by atoms with Crippen LogP contribution in [-0.2, 0) is 16.0 Å². The zero-order valence-electron chi connectivity index (χ0n) is 8.82. The summed E-state index contributed by atoms with van der Waals surface area (Å²) < 4.78 is 0. The van der Waals surface area contributed by atoms with Crippen LogP contribution in [0.2, 0.25) is 0 Å². The van der Waals surface area contributed by atoms with Gasteiger partial charge in [-0.15, -0.1) is 0 Å². The molecular formula is C13H16O2. The summed E-state index contributed by atoms with van der Waals surface area (Å²) in [7, 11) is 0. The van der Waals surface area contributed by atoms with Crippen molar-refractivity contribution in [2.45, 2.75) is 32.1 Å². The van der Waals surface area contributed by atoms with E-state index >= 15 is 0 Å². The summed E-state index contributed by atoms with van der Waals surface area (Å²) in [5.74, 6) is 0.193. The van der Waals surface area contributed by atoms with Crippen molar-refractivity contribution in [3.05, 3.63) is 35.9 Å². The Hall–Kier alpha value is -1.44. The van der Waals surface area contributed by atoms with Crippen molar-refractivity contribution < 1.29 is 9.59 Å². The predicted octanol–water partition coefficient (Wildman–Crippen LogP) is 2.56. The molecule has 0 aliphatic rings. The standard InChI is InChI=1S/C13H16O2/c14-11-5-10-13(15)9-4-8-12-6-2-1-3-7-12/h1-3,6-7,11H,4-5,8-10H2. The monoisotopic (exact) mass is 204 g/mol. The van der Waals surface area contributed by atoms with Crippen molar-refractivity contribution in [3.63, 3.8) is 0 Å². The van der Waals surface area contributed by atoms with Crippen LogP contribution in [0.1, 0.15) is 31.2 Å². The summed E-state index contributed by atoms with van der Waals surface area (Å²) in [6.07, 6.45) is 3.97. The van der Waals surface area contributed by atoms with Gasteiger partial charge in [0.2, 0.25) is 0 Å². The van der Waals surface area contributed by atoms with Gasteiger partial charge in [-0.25, -0.2) is 0 Å². The lowest BCUT2D eigenvalue weighted by atomic mass is 10.1. The maximum absolute atomic E-state index is 11.2. The van der Waals surface area contributed by atoms with Gasteiger partial charge in [-0.1, -0.05) is 30.3 Å². The molecule has 1 rings (SSSR count). The van der Waals surface area contributed by atoms with Gasteiger partial charge in [0.05, 0.1) is 0 Å². The first-order valence-corrected chi connectivity index (χ1v) is 5.32. The Morgan fingerprint density at radius 1 is 1.13 bits per heavy atom. The second-order valence-electron chi connectivity index (χ2n) is 3.58. The quantitative estimate of drug-likeness (QED) is 0.640. The van der Waals surface area contributed by atoms with Crippen LogP contribution >= 0.6 is 0 Å². The molecule has 0 saturated carbocycles. The van der Waals surface area contributed by atoms with Gasteiger partial charge in [-0.2, -0.15) is 0 Å². The topological polar surface area (TPSA) is 34.1 Å². The van der Waals surface area contributed by atoms with Crippen LogP contribution in [0.5, 0.6) is 0 Å². The molecule has 15 heavy (non-hydrogen) atoms. The Labute approximate surface area is 90.3 Å². The molecule has 0 saturated heterocycles. The van der Waals surface area contributed by atoms with E-state index in [2.05, 4.69) is 12.1 Å². The molecule has 0 spiro atoms. The SMILES string of the molecule is O=CCCC(=O)CCCc1ccccc1. The molecule has 0 bridgehead atoms. The second kappa shape index (κ2) is 6.93. The average Bonchev–Trinajstić information content (AvgIpc) is 2.28. The van der Waals surface area contributed by atoms with E-state index in [1.54, 1.807) is 0 Å². The minimum Gasteiger partial charge on any atom is -0.303 e. The third-order valence-corrected chi connectivity index (χ3v) is 2.30. The highest BCUT2D eigenvalue weighted by Gasteiger charge is 2.01. The van der Waals surface area contributed by atoms with Gasteiger partial charge in [-0.3, -0.25) is 4.79 Å². The van der Waals surface area contributed by atoms with Crippen molar-refractivity contribution in [2.75, 3.05) is 0 Å². The van der Waals surface area contributed by atoms with E-state index in [0.29, 0.717) is 19.3 Å². The lowest BCUT2D eigenvalue weighted by Crippen LogP contribution is -1.99. The van der Waals surface area contributed by atoms with E-state index in [4.69, 9.17) is 0 Å². The van der Waals surface area contributed by atoms with E-state index in [0.717, 1.165) is 19.1 Å². The number of Topliss-reactive ketones (excluding diaryl/α,β-unsaturated/α-hetero) is 1. The highest BCUT2D eigenvalue weighted by molar-refractivity contribution is 5.80. The Bertz CT molecular complexity index is 304. The van der Waals surface area contributed by atoms with Crippen molar-refractivity contribution in [1.29, 1.82) is 0 Å². The fraction of sp³-hybridized carbons (Fsp3) is 0.385. The number of carbonyl (C=O) groups excluding carboxylic acids is 2. The lowest BCUT2D eigenvalue weighted by molar-refractivity contribution is -0.120. The molecule has 1 aromatic rings. The molecule has 2 nitrogen and oxygen atoms in total. The second-order valence-corrected chi connectivity index (χ2v) is 3.58. The molecule has 80 valence electrons. The van der Waals surface area contributed by atoms with Crippen LogP contribution < -0.4 is 0 Å². The summed E-state index contributed by atoms with van der Waals surface area (Å²) in [6.45, 7) is 0. The van der Waals surface area contributed by atoms with Crippen LogP contribution in [0.3, 0.4) is 0 Å². The third-order valence-electron chi connectivity index (χ3n) is 2.30. The Morgan fingerprint density at radius 3 is 2.53 bits per heavy atom. The summed E-state index contributed by atoms with van der Waals surface area (Å²) in [5, 5.41) is 0. The average molecular weight is 204 g/mol. The molecule has 0 fully saturated rings. The molecule has 0 unspecified atom stereocenters. The first-order valence-electron chi connectivity index (χ1n) is 5.32. The number of hydrogen-bond acceptors (Lipinski definition) is 2. The van der Waals surface area contributed by atoms with Gasteiger partial charge in [0.15, 0.2) is 0 Å². The first kappa shape index (κ1) is 11.6. The van der Waals surface area contributed by atoms with Crippen LogP contribution in [0.4, 0.5) is 0 Å². The number of carbonyl (C=O) groups is 2. The molecule has 2 heteroatoms. The largest absolute Gasteiger partial charge is 0.303 e. The van der Waals surface area contributed by atoms with Gasteiger partial charge < -0.3 is 4.79 Å². The van der Waals surface area contributed by atoms with Gasteiger partial charge >= 0.3 is 0 Å². The number of hydrogen-bond donors (Lipinski definition) is 0. The Kier molecular flexibility index (Phi) is 5.38. The molecule has 0 aromatic heterocycles. The molecule has 0 N–H and O–H groups in total. The van der Waals surface area contributed by atoms with Crippen LogP contribution in [-0.4, -0.2) is 12.1 Å². The molecule has 0 amide bonds. The number of benzene rings is 1. The van der Waals surface area contributed by atoms with Gasteiger partial charge in [0.1, 0.15) is 12.1 Å². The maximum Gasteiger partial charge on any atom is 0.133 e. The van der Waals surface area contributed by atoms with E-state index < -0.39 is 0 Å². The van der Waals surface area contributed by atoms with Gasteiger partial charge in [-0.05, 0) is 18.4 Å². The van der Waals surface area contributed by atoms with Crippen molar-refractivity contribution in [2.24, 2.45) is 0 Å². The summed E-state index contributed by atoms with van der Waals surface area (Å²) in [5.41, 5.74) is 1.26. The van der Waals surface area contributed by atoms with E-state index in [1.165, 1.54) is 5.56 Å². The van der Waals surface area contributed by atoms with Crippen molar-refractivity contribution >= 4 is 12.1 Å². The zero-order valence-corrected chi connectivity index (χ0v) is 8.82. The number of aryl methyl sites for hydroxylation is 1. The van der Waals surface area contributed by atoms with E-state index in [1.807, 2.05) is 18.2 Å².